The molecule has 0 heterocycles. The van der Waals surface area contributed by atoms with Crippen LogP contribution in [0.15, 0.2) is 35.4 Å². The molecule has 0 saturated heterocycles. The van der Waals surface area contributed by atoms with Crippen molar-refractivity contribution in [3.8, 4) is 11.5 Å². The summed E-state index contributed by atoms with van der Waals surface area (Å²) in [6.45, 7) is 5.25. The molecule has 0 aliphatic carbocycles. The second-order valence-corrected chi connectivity index (χ2v) is 6.25. The van der Waals surface area contributed by atoms with Gasteiger partial charge in [-0.05, 0) is 56.2 Å². The van der Waals surface area contributed by atoms with Gasteiger partial charge >= 0.3 is 5.69 Å². The number of carbonyl (C=O) groups excluding carboxylic acids is 1. The van der Waals surface area contributed by atoms with E-state index in [1.165, 1.54) is 18.3 Å². The van der Waals surface area contributed by atoms with Crippen molar-refractivity contribution in [2.24, 2.45) is 5.10 Å². The maximum Gasteiger partial charge on any atom is 0.311 e. The van der Waals surface area contributed by atoms with E-state index in [0.717, 1.165) is 17.2 Å². The van der Waals surface area contributed by atoms with E-state index < -0.39 is 28.4 Å². The zero-order valence-corrected chi connectivity index (χ0v) is 15.6. The molecule has 142 valence electrons. The van der Waals surface area contributed by atoms with E-state index >= 15 is 0 Å². The highest BCUT2D eigenvalue weighted by Gasteiger charge is 2.16. The minimum atomic E-state index is -0.823. The predicted octanol–water partition coefficient (Wildman–Crippen LogP) is 3.49. The van der Waals surface area contributed by atoms with Gasteiger partial charge in [-0.2, -0.15) is 5.10 Å². The molecule has 0 aliphatic rings. The zero-order valence-electron chi connectivity index (χ0n) is 14.9. The topological polar surface area (TPSA) is 114 Å². The number of halogens is 1. The third kappa shape index (κ3) is 5.18. The van der Waals surface area contributed by atoms with Crippen LogP contribution in [-0.4, -0.2) is 28.3 Å². The molecule has 1 unspecified atom stereocenters. The molecule has 1 atom stereocenters. The monoisotopic (exact) mass is 391 g/mol. The van der Waals surface area contributed by atoms with Gasteiger partial charge in [-0.1, -0.05) is 11.6 Å². The Balaban J connectivity index is 2.00. The maximum atomic E-state index is 12.1. The van der Waals surface area contributed by atoms with Crippen LogP contribution in [0.4, 0.5) is 5.69 Å². The summed E-state index contributed by atoms with van der Waals surface area (Å²) in [5.41, 5.74) is 3.88. The highest BCUT2D eigenvalue weighted by Crippen LogP contribution is 2.27. The maximum absolute atomic E-state index is 12.1. The molecule has 8 nitrogen and oxygen atoms in total. The number of nitrogens with one attached hydrogen (secondary N) is 1. The van der Waals surface area contributed by atoms with Gasteiger partial charge in [0, 0.05) is 16.7 Å². The second-order valence-electron chi connectivity index (χ2n) is 5.87. The van der Waals surface area contributed by atoms with Crippen molar-refractivity contribution in [1.29, 1.82) is 0 Å². The summed E-state index contributed by atoms with van der Waals surface area (Å²) in [5.74, 6) is -0.434. The van der Waals surface area contributed by atoms with E-state index in [9.17, 15) is 20.0 Å². The lowest BCUT2D eigenvalue weighted by atomic mass is 10.1. The first-order valence-corrected chi connectivity index (χ1v) is 8.30. The first-order valence-electron chi connectivity index (χ1n) is 7.92. The molecular formula is C18H18ClN3O5. The summed E-state index contributed by atoms with van der Waals surface area (Å²) in [5, 5.41) is 24.6. The van der Waals surface area contributed by atoms with Gasteiger partial charge in [0.25, 0.3) is 5.91 Å². The smallest absolute Gasteiger partial charge is 0.311 e. The Labute approximate surface area is 160 Å². The molecule has 0 fully saturated rings. The number of amides is 1. The van der Waals surface area contributed by atoms with Gasteiger partial charge in [-0.25, -0.2) is 5.43 Å². The average molecular weight is 392 g/mol. The molecule has 0 radical (unpaired) electrons. The number of phenolic OH excluding ortho intramolecular Hbond substituents is 1. The highest BCUT2D eigenvalue weighted by molar-refractivity contribution is 6.32. The van der Waals surface area contributed by atoms with Crippen molar-refractivity contribution in [1.82, 2.24) is 5.43 Å². The minimum absolute atomic E-state index is 0.345. The average Bonchev–Trinajstić information content (AvgIpc) is 2.60. The van der Waals surface area contributed by atoms with Crippen LogP contribution in [0.3, 0.4) is 0 Å². The van der Waals surface area contributed by atoms with Gasteiger partial charge in [-0.15, -0.1) is 0 Å². The fraction of sp³-hybridized carbons (Fsp3) is 0.222. The number of nitro benzene ring substituents is 1. The third-order valence-electron chi connectivity index (χ3n) is 3.68. The number of ether oxygens (including phenoxy) is 1. The third-order valence-corrected chi connectivity index (χ3v) is 4.27. The first kappa shape index (κ1) is 20.2. The Hall–Kier alpha value is -3.13. The van der Waals surface area contributed by atoms with Crippen molar-refractivity contribution in [2.75, 3.05) is 0 Å². The molecule has 2 aromatic rings. The van der Waals surface area contributed by atoms with E-state index in [1.54, 1.807) is 19.1 Å². The lowest BCUT2D eigenvalue weighted by Crippen LogP contribution is -2.33. The number of aromatic hydroxyl groups is 1. The number of benzene rings is 2. The molecule has 27 heavy (non-hydrogen) atoms. The number of nitrogens with zero attached hydrogens (tertiary/aromatic N) is 2. The van der Waals surface area contributed by atoms with E-state index in [1.807, 2.05) is 13.8 Å². The molecule has 0 saturated carbocycles. The van der Waals surface area contributed by atoms with Gasteiger partial charge in [0.2, 0.25) is 0 Å². The molecule has 2 rings (SSSR count). The number of hydrogen-bond acceptors (Lipinski definition) is 6. The predicted molar refractivity (Wildman–Crippen MR) is 102 cm³/mol. The normalized spacial score (nSPS) is 12.0. The van der Waals surface area contributed by atoms with Crippen LogP contribution >= 0.6 is 11.6 Å². The van der Waals surface area contributed by atoms with Gasteiger partial charge in [0.1, 0.15) is 5.75 Å². The van der Waals surface area contributed by atoms with Gasteiger partial charge in [0.05, 0.1) is 11.1 Å². The van der Waals surface area contributed by atoms with Gasteiger partial charge in [-0.3, -0.25) is 14.9 Å². The lowest BCUT2D eigenvalue weighted by Gasteiger charge is -2.14. The number of aryl methyl sites for hydroxylation is 2. The van der Waals surface area contributed by atoms with E-state index in [2.05, 4.69) is 10.5 Å². The fourth-order valence-electron chi connectivity index (χ4n) is 2.26. The van der Waals surface area contributed by atoms with Crippen LogP contribution in [0.25, 0.3) is 0 Å². The second kappa shape index (κ2) is 8.50. The Morgan fingerprint density at radius 1 is 1.33 bits per heavy atom. The number of nitro groups is 1. The Morgan fingerprint density at radius 2 is 1.96 bits per heavy atom. The molecule has 1 amide bonds. The summed E-state index contributed by atoms with van der Waals surface area (Å²) in [7, 11) is 0. The molecule has 0 spiro atoms. The summed E-state index contributed by atoms with van der Waals surface area (Å²) >= 11 is 6.10. The summed E-state index contributed by atoms with van der Waals surface area (Å²) in [6.07, 6.45) is 0.407. The molecule has 2 N–H and O–H groups in total. The fourth-order valence-corrected chi connectivity index (χ4v) is 2.37. The Morgan fingerprint density at radius 3 is 2.56 bits per heavy atom. The molecule has 0 bridgehead atoms. The molecule has 2 aromatic carbocycles. The summed E-state index contributed by atoms with van der Waals surface area (Å²) in [6, 6.07) is 7.22. The molecule has 9 heteroatoms. The van der Waals surface area contributed by atoms with E-state index in [4.69, 9.17) is 16.3 Å². The van der Waals surface area contributed by atoms with Crippen LogP contribution < -0.4 is 10.2 Å². The van der Waals surface area contributed by atoms with Gasteiger partial charge < -0.3 is 9.84 Å². The Kier molecular flexibility index (Phi) is 6.36. The number of hydrogen-bond donors (Lipinski definition) is 2. The SMILES string of the molecule is Cc1cc(OC(C)C(=O)N/N=C/c2ccc(O)c([N+](=O)[O-])c2)cc(C)c1Cl. The number of hydrazone groups is 1. The van der Waals surface area contributed by atoms with Crippen molar-refractivity contribution >= 4 is 29.4 Å². The van der Waals surface area contributed by atoms with E-state index in [-0.39, 0.29) is 0 Å². The highest BCUT2D eigenvalue weighted by atomic mass is 35.5. The minimum Gasteiger partial charge on any atom is -0.502 e. The van der Waals surface area contributed by atoms with Crippen LogP contribution in [0.5, 0.6) is 11.5 Å². The summed E-state index contributed by atoms with van der Waals surface area (Å²) in [4.78, 5) is 22.2. The van der Waals surface area contributed by atoms with E-state index in [0.29, 0.717) is 16.3 Å². The zero-order chi connectivity index (χ0) is 20.1. The molecular weight excluding hydrogens is 374 g/mol. The quantitative estimate of drug-likeness (QED) is 0.444. The van der Waals surface area contributed by atoms with Crippen molar-refractivity contribution in [2.45, 2.75) is 26.9 Å². The largest absolute Gasteiger partial charge is 0.502 e. The van der Waals surface area contributed by atoms with Crippen LogP contribution in [0.2, 0.25) is 5.02 Å². The summed E-state index contributed by atoms with van der Waals surface area (Å²) < 4.78 is 5.59. The lowest BCUT2D eigenvalue weighted by molar-refractivity contribution is -0.385. The van der Waals surface area contributed by atoms with Crippen LogP contribution in [0.1, 0.15) is 23.6 Å². The van der Waals surface area contributed by atoms with Crippen LogP contribution in [-0.2, 0) is 4.79 Å². The first-order chi connectivity index (χ1) is 12.7. The number of carbonyl (C=O) groups is 1. The number of rotatable bonds is 6. The standard InChI is InChI=1S/C18H18ClN3O5/c1-10-6-14(7-11(2)17(10)19)27-12(3)18(24)21-20-9-13-4-5-16(23)15(8-13)22(25)26/h4-9,12,23H,1-3H3,(H,21,24)/b20-9+. The number of phenols is 1. The Bertz CT molecular complexity index is 891. The van der Waals surface area contributed by atoms with Crippen molar-refractivity contribution < 1.29 is 19.6 Å². The van der Waals surface area contributed by atoms with Gasteiger partial charge in [0.15, 0.2) is 11.9 Å². The van der Waals surface area contributed by atoms with Crippen molar-refractivity contribution in [3.05, 3.63) is 62.2 Å². The molecule has 0 aromatic heterocycles. The van der Waals surface area contributed by atoms with Crippen molar-refractivity contribution in [3.63, 3.8) is 0 Å². The van der Waals surface area contributed by atoms with Crippen LogP contribution in [0, 0.1) is 24.0 Å². The molecule has 0 aliphatic heterocycles.